The van der Waals surface area contributed by atoms with Crippen molar-refractivity contribution in [2.24, 2.45) is 0 Å². The number of nitrogens with zero attached hydrogens (tertiary/aromatic N) is 2. The summed E-state index contributed by atoms with van der Waals surface area (Å²) in [4.78, 5) is 49.8. The molecule has 62 heavy (non-hydrogen) atoms. The number of carbonyl (C=O) groups is 4. The number of anilines is 1. The highest BCUT2D eigenvalue weighted by Crippen LogP contribution is 2.43. The van der Waals surface area contributed by atoms with Crippen LogP contribution in [0.1, 0.15) is 53.4 Å². The lowest BCUT2D eigenvalue weighted by atomic mass is 9.93. The highest BCUT2D eigenvalue weighted by Gasteiger charge is 2.25. The van der Waals surface area contributed by atoms with Crippen molar-refractivity contribution < 1.29 is 55.5 Å². The second-order valence-corrected chi connectivity index (χ2v) is 15.8. The first kappa shape index (κ1) is 48.5. The molecule has 0 saturated carbocycles. The molecule has 0 atom stereocenters. The summed E-state index contributed by atoms with van der Waals surface area (Å²) >= 11 is 0. The molecule has 2 amide bonds. The van der Waals surface area contributed by atoms with Gasteiger partial charge in [-0.3, -0.25) is 4.55 Å². The summed E-state index contributed by atoms with van der Waals surface area (Å²) in [5.74, 6) is -0.658. The minimum Gasteiger partial charge on any atom is -0.460 e. The summed E-state index contributed by atoms with van der Waals surface area (Å²) < 4.78 is 65.3. The summed E-state index contributed by atoms with van der Waals surface area (Å²) in [6.45, 7) is 16.4. The minimum atomic E-state index is -4.64. The van der Waals surface area contributed by atoms with Crippen LogP contribution in [-0.4, -0.2) is 103 Å². The van der Waals surface area contributed by atoms with E-state index in [-0.39, 0.29) is 61.1 Å². The largest absolute Gasteiger partial charge is 0.460 e. The molecule has 16 nitrogen and oxygen atoms in total. The molecule has 17 heteroatoms. The molecule has 2 aliphatic rings. The van der Waals surface area contributed by atoms with Gasteiger partial charge in [0.1, 0.15) is 42.6 Å². The number of rotatable bonds is 23. The molecular weight excluding hydrogens is 821 g/mol. The van der Waals surface area contributed by atoms with Gasteiger partial charge in [-0.25, -0.2) is 23.8 Å². The van der Waals surface area contributed by atoms with E-state index in [1.807, 2.05) is 36.4 Å². The number of benzene rings is 3. The molecule has 3 N–H and O–H groups in total. The van der Waals surface area contributed by atoms with Crippen LogP contribution in [0.15, 0.2) is 94.3 Å². The highest BCUT2D eigenvalue weighted by molar-refractivity contribution is 7.86. The molecule has 0 aromatic heterocycles. The average molecular weight is 878 g/mol. The van der Waals surface area contributed by atoms with Gasteiger partial charge in [0, 0.05) is 64.0 Å². The maximum absolute atomic E-state index is 12.7. The number of hydrogen-bond acceptors (Lipinski definition) is 12. The smallest absolute Gasteiger partial charge is 0.407 e. The number of carbonyl (C=O) groups excluding carboxylic acids is 4. The van der Waals surface area contributed by atoms with Crippen LogP contribution in [0.2, 0.25) is 0 Å². The number of esters is 2. The van der Waals surface area contributed by atoms with Crippen molar-refractivity contribution in [2.45, 2.75) is 58.3 Å². The zero-order valence-electron chi connectivity index (χ0n) is 35.8. The second kappa shape index (κ2) is 23.7. The van der Waals surface area contributed by atoms with Crippen molar-refractivity contribution in [3.63, 3.8) is 0 Å². The Labute approximate surface area is 362 Å². The Morgan fingerprint density at radius 3 is 1.98 bits per heavy atom. The standard InChI is InChI=1S/C45H56N4O12S/c1-7-9-21-48(23-27-59-44(52)46-19-25-57-42(50)31(3)4)33-15-17-35-38(29-33)61-39-30-34(16-18-36(39)41(35)37-13-11-12-14-40(37)62(54,55)56)49(22-10-8-2)24-28-60-45(53)47-20-26-58-43(51)32(5)6/h11-18,29-30H,3,5,7-10,19-28H2,1-2,4,6H3,(H2-,46,47,52,53,54,55,56)/p+1. The average Bonchev–Trinajstić information content (AvgIpc) is 3.24. The summed E-state index contributed by atoms with van der Waals surface area (Å²) in [5.41, 5.74) is 3.14. The Kier molecular flexibility index (Phi) is 18.5. The Morgan fingerprint density at radius 2 is 1.37 bits per heavy atom. The van der Waals surface area contributed by atoms with Crippen molar-refractivity contribution in [3.05, 3.63) is 90.3 Å². The summed E-state index contributed by atoms with van der Waals surface area (Å²) in [5, 5.41) is 6.49. The fourth-order valence-electron chi connectivity index (χ4n) is 6.33. The third kappa shape index (κ3) is 14.2. The molecule has 0 radical (unpaired) electrons. The van der Waals surface area contributed by atoms with Crippen LogP contribution in [-0.2, 0) is 38.7 Å². The second-order valence-electron chi connectivity index (χ2n) is 14.4. The fourth-order valence-corrected chi connectivity index (χ4v) is 7.02. The molecule has 0 saturated heterocycles. The molecule has 0 spiro atoms. The van der Waals surface area contributed by atoms with Gasteiger partial charge < -0.3 is 38.9 Å². The first-order valence-electron chi connectivity index (χ1n) is 20.5. The molecule has 1 aliphatic carbocycles. The quantitative estimate of drug-likeness (QED) is 0.0142. The molecular formula is C45H57N4O12S+. The van der Waals surface area contributed by atoms with Crippen LogP contribution in [0.3, 0.4) is 0 Å². The van der Waals surface area contributed by atoms with Gasteiger partial charge in [-0.2, -0.15) is 8.42 Å². The minimum absolute atomic E-state index is 0.0280. The van der Waals surface area contributed by atoms with Crippen LogP contribution >= 0.6 is 0 Å². The number of nitrogens with one attached hydrogen (secondary N) is 2. The number of amides is 2. The van der Waals surface area contributed by atoms with Crippen molar-refractivity contribution in [3.8, 4) is 22.5 Å². The molecule has 0 bridgehead atoms. The lowest BCUT2D eigenvalue weighted by Gasteiger charge is -2.25. The van der Waals surface area contributed by atoms with Gasteiger partial charge in [-0.05, 0) is 44.5 Å². The molecule has 0 unspecified atom stereocenters. The SMILES string of the molecule is C=C(C)C(=O)OCCNC(=O)OCCN(CCCC)c1ccc2c(-c3ccccc3S(=O)(=O)O)c3cc/c(=[N+](/CCCC)CCOC(=O)NCCOC(=O)C(=C)C)cc-3oc2c1. The number of ether oxygens (including phenoxy) is 4. The molecule has 0 fully saturated rings. The van der Waals surface area contributed by atoms with Crippen molar-refractivity contribution in [1.29, 1.82) is 0 Å². The molecule has 1 heterocycles. The zero-order valence-corrected chi connectivity index (χ0v) is 36.6. The van der Waals surface area contributed by atoms with E-state index in [2.05, 4.69) is 47.1 Å². The molecule has 1 aliphatic heterocycles. The summed E-state index contributed by atoms with van der Waals surface area (Å²) in [7, 11) is -4.64. The Hall–Kier alpha value is -6.20. The van der Waals surface area contributed by atoms with E-state index in [9.17, 15) is 32.1 Å². The van der Waals surface area contributed by atoms with Gasteiger partial charge in [0.05, 0.1) is 25.7 Å². The van der Waals surface area contributed by atoms with Gasteiger partial charge in [0.25, 0.3) is 10.1 Å². The lowest BCUT2D eigenvalue weighted by Crippen LogP contribution is -2.36. The monoisotopic (exact) mass is 877 g/mol. The van der Waals surface area contributed by atoms with Crippen molar-refractivity contribution in [2.75, 3.05) is 70.6 Å². The molecule has 334 valence electrons. The van der Waals surface area contributed by atoms with Gasteiger partial charge in [-0.15, -0.1) is 0 Å². The lowest BCUT2D eigenvalue weighted by molar-refractivity contribution is -0.139. The van der Waals surface area contributed by atoms with Gasteiger partial charge in [-0.1, -0.05) is 58.0 Å². The van der Waals surface area contributed by atoms with E-state index in [0.717, 1.165) is 36.7 Å². The Bertz CT molecular complexity index is 2390. The first-order chi connectivity index (χ1) is 29.6. The predicted octanol–water partition coefficient (Wildman–Crippen LogP) is 6.32. The fraction of sp³-hybridized carbons (Fsp3) is 0.400. The summed E-state index contributed by atoms with van der Waals surface area (Å²) in [6, 6.07) is 17.4. The van der Waals surface area contributed by atoms with E-state index in [0.29, 0.717) is 54.0 Å². The highest BCUT2D eigenvalue weighted by atomic mass is 32.2. The maximum atomic E-state index is 12.7. The molecule has 2 aromatic rings. The topological polar surface area (TPSA) is 203 Å². The van der Waals surface area contributed by atoms with Gasteiger partial charge in [0.15, 0.2) is 13.2 Å². The van der Waals surface area contributed by atoms with E-state index in [4.69, 9.17) is 23.4 Å². The summed E-state index contributed by atoms with van der Waals surface area (Å²) in [6.07, 6.45) is 2.17. The first-order valence-corrected chi connectivity index (χ1v) is 22.0. The van der Waals surface area contributed by atoms with Crippen LogP contribution in [0.4, 0.5) is 15.3 Å². The Morgan fingerprint density at radius 1 is 0.742 bits per heavy atom. The number of hydrogen-bond donors (Lipinski definition) is 3. The third-order valence-corrected chi connectivity index (χ3v) is 10.4. The predicted molar refractivity (Wildman–Crippen MR) is 235 cm³/mol. The maximum Gasteiger partial charge on any atom is 0.407 e. The normalized spacial score (nSPS) is 11.7. The van der Waals surface area contributed by atoms with E-state index in [1.54, 1.807) is 18.2 Å². The number of unbranched alkanes of at least 4 members (excludes halogenated alkanes) is 2. The zero-order chi connectivity index (χ0) is 45.2. The molecule has 4 rings (SSSR count). The van der Waals surface area contributed by atoms with Crippen LogP contribution in [0.5, 0.6) is 0 Å². The van der Waals surface area contributed by atoms with Crippen LogP contribution in [0, 0.1) is 0 Å². The molecule has 2 aromatic carbocycles. The van der Waals surface area contributed by atoms with E-state index >= 15 is 0 Å². The van der Waals surface area contributed by atoms with Gasteiger partial charge in [0.2, 0.25) is 5.36 Å². The van der Waals surface area contributed by atoms with Crippen molar-refractivity contribution in [1.82, 2.24) is 15.2 Å². The van der Waals surface area contributed by atoms with E-state index in [1.165, 1.54) is 19.9 Å². The Balaban J connectivity index is 1.69. The van der Waals surface area contributed by atoms with Crippen molar-refractivity contribution >= 4 is 50.9 Å². The van der Waals surface area contributed by atoms with Crippen LogP contribution in [0.25, 0.3) is 33.4 Å². The van der Waals surface area contributed by atoms with E-state index < -0.39 is 34.2 Å². The third-order valence-electron chi connectivity index (χ3n) is 9.51. The van der Waals surface area contributed by atoms with Gasteiger partial charge >= 0.3 is 24.1 Å². The number of fused-ring (bicyclic) bond motifs is 2. The van der Waals surface area contributed by atoms with Crippen LogP contribution < -0.4 is 25.5 Å². The number of alkyl carbamates (subject to hydrolysis) is 2.